The molecule has 1 atom stereocenters. The second-order valence-electron chi connectivity index (χ2n) is 1.31. The van der Waals surface area contributed by atoms with E-state index in [0.29, 0.717) is 0 Å². The first-order valence-corrected chi connectivity index (χ1v) is 1.91. The zero-order valence-electron chi connectivity index (χ0n) is 4.13. The molecular weight excluding hydrogens is 94.1 g/mol. The van der Waals surface area contributed by atoms with Crippen LogP contribution >= 0.6 is 0 Å². The van der Waals surface area contributed by atoms with E-state index in [0.717, 1.165) is 0 Å². The Morgan fingerprint density at radius 1 is 1.86 bits per heavy atom. The molecule has 4 nitrogen and oxygen atoms in total. The first-order valence-electron chi connectivity index (χ1n) is 1.91. The molecular formula is C3H9N3O. The van der Waals surface area contributed by atoms with Gasteiger partial charge in [0.1, 0.15) is 0 Å². The van der Waals surface area contributed by atoms with Crippen molar-refractivity contribution in [2.75, 3.05) is 0 Å². The number of hydrogen-bond acceptors (Lipinski definition) is 3. The normalized spacial score (nSPS) is 16.6. The molecule has 0 bridgehead atoms. The number of oxime groups is 1. The smallest absolute Gasteiger partial charge is 0.155 e. The fraction of sp³-hybridized carbons (Fsp3) is 0.667. The molecule has 0 aromatic heterocycles. The molecule has 0 aromatic rings. The van der Waals surface area contributed by atoms with Gasteiger partial charge in [-0.2, -0.15) is 0 Å². The molecule has 4 heteroatoms. The Morgan fingerprint density at radius 3 is 2.29 bits per heavy atom. The quantitative estimate of drug-likeness (QED) is 0.174. The number of nitrogens with zero attached hydrogens (tertiary/aromatic N) is 1. The zero-order chi connectivity index (χ0) is 5.86. The van der Waals surface area contributed by atoms with Crippen LogP contribution in [0.15, 0.2) is 5.16 Å². The molecule has 0 radical (unpaired) electrons. The summed E-state index contributed by atoms with van der Waals surface area (Å²) in [6.07, 6.45) is 0. The van der Waals surface area contributed by atoms with Crippen LogP contribution in [0.3, 0.4) is 0 Å². The Balaban J connectivity index is 3.56. The third kappa shape index (κ3) is 1.99. The second kappa shape index (κ2) is 2.41. The van der Waals surface area contributed by atoms with Crippen LogP contribution in [0.5, 0.6) is 0 Å². The molecule has 7 heavy (non-hydrogen) atoms. The lowest BCUT2D eigenvalue weighted by atomic mass is 10.3. The van der Waals surface area contributed by atoms with Gasteiger partial charge in [-0.25, -0.2) is 0 Å². The van der Waals surface area contributed by atoms with Crippen molar-refractivity contribution >= 4 is 5.84 Å². The van der Waals surface area contributed by atoms with Crippen molar-refractivity contribution in [3.8, 4) is 0 Å². The lowest BCUT2D eigenvalue weighted by molar-refractivity contribution is 0.316. The van der Waals surface area contributed by atoms with Gasteiger partial charge in [-0.05, 0) is 6.92 Å². The number of hydrogen-bond donors (Lipinski definition) is 3. The van der Waals surface area contributed by atoms with Crippen molar-refractivity contribution in [2.24, 2.45) is 16.6 Å². The average Bonchev–Trinajstić information content (AvgIpc) is 1.65. The maximum Gasteiger partial charge on any atom is 0.155 e. The van der Waals surface area contributed by atoms with Gasteiger partial charge in [0, 0.05) is 0 Å². The number of rotatable bonds is 1. The van der Waals surface area contributed by atoms with Crippen LogP contribution in [0.25, 0.3) is 0 Å². The molecule has 0 spiro atoms. The maximum atomic E-state index is 7.89. The minimum atomic E-state index is -0.356. The van der Waals surface area contributed by atoms with Gasteiger partial charge in [-0.1, -0.05) is 5.16 Å². The van der Waals surface area contributed by atoms with Crippen LogP contribution in [0.1, 0.15) is 6.92 Å². The van der Waals surface area contributed by atoms with Crippen LogP contribution in [0.4, 0.5) is 0 Å². The van der Waals surface area contributed by atoms with Crippen molar-refractivity contribution in [3.63, 3.8) is 0 Å². The number of nitrogens with two attached hydrogens (primary N) is 2. The van der Waals surface area contributed by atoms with E-state index in [-0.39, 0.29) is 11.9 Å². The second-order valence-corrected chi connectivity index (χ2v) is 1.31. The Hall–Kier alpha value is -0.770. The predicted octanol–water partition coefficient (Wildman–Crippen LogP) is -0.920. The third-order valence-electron chi connectivity index (χ3n) is 0.582. The molecule has 42 valence electrons. The molecule has 0 saturated heterocycles. The van der Waals surface area contributed by atoms with E-state index in [1.54, 1.807) is 6.92 Å². The van der Waals surface area contributed by atoms with E-state index in [1.807, 2.05) is 0 Å². The van der Waals surface area contributed by atoms with Crippen LogP contribution in [0, 0.1) is 0 Å². The van der Waals surface area contributed by atoms with Gasteiger partial charge < -0.3 is 16.7 Å². The molecule has 0 saturated carbocycles. The van der Waals surface area contributed by atoms with E-state index in [9.17, 15) is 0 Å². The summed E-state index contributed by atoms with van der Waals surface area (Å²) >= 11 is 0. The third-order valence-corrected chi connectivity index (χ3v) is 0.582. The van der Waals surface area contributed by atoms with Gasteiger partial charge in [0.25, 0.3) is 0 Å². The largest absolute Gasteiger partial charge is 0.409 e. The predicted molar refractivity (Wildman–Crippen MR) is 27.1 cm³/mol. The lowest BCUT2D eigenvalue weighted by Crippen LogP contribution is -2.33. The van der Waals surface area contributed by atoms with Gasteiger partial charge in [-0.3, -0.25) is 0 Å². The summed E-state index contributed by atoms with van der Waals surface area (Å²) < 4.78 is 0. The molecule has 0 rings (SSSR count). The highest BCUT2D eigenvalue weighted by Crippen LogP contribution is 1.70. The van der Waals surface area contributed by atoms with Gasteiger partial charge in [0.05, 0.1) is 6.04 Å². The number of amidine groups is 1. The van der Waals surface area contributed by atoms with Crippen LogP contribution < -0.4 is 11.5 Å². The molecule has 0 heterocycles. The molecule has 0 aromatic carbocycles. The summed E-state index contributed by atoms with van der Waals surface area (Å²) in [5.41, 5.74) is 10.1. The molecule has 0 aliphatic carbocycles. The summed E-state index contributed by atoms with van der Waals surface area (Å²) in [6.45, 7) is 1.63. The molecule has 0 fully saturated rings. The highest BCUT2D eigenvalue weighted by molar-refractivity contribution is 5.84. The summed E-state index contributed by atoms with van der Waals surface area (Å²) in [6, 6.07) is -0.356. The maximum absolute atomic E-state index is 7.89. The first kappa shape index (κ1) is 6.23. The fourth-order valence-corrected chi connectivity index (χ4v) is 0.0911. The van der Waals surface area contributed by atoms with Gasteiger partial charge in [-0.15, -0.1) is 0 Å². The molecule has 0 unspecified atom stereocenters. The highest BCUT2D eigenvalue weighted by atomic mass is 16.4. The average molecular weight is 103 g/mol. The van der Waals surface area contributed by atoms with Gasteiger partial charge in [0.2, 0.25) is 0 Å². The Kier molecular flexibility index (Phi) is 2.15. The van der Waals surface area contributed by atoms with Gasteiger partial charge in [0.15, 0.2) is 5.84 Å². The minimum absolute atomic E-state index is 0.0556. The van der Waals surface area contributed by atoms with Crippen molar-refractivity contribution < 1.29 is 5.21 Å². The van der Waals surface area contributed by atoms with Gasteiger partial charge >= 0.3 is 0 Å². The van der Waals surface area contributed by atoms with E-state index < -0.39 is 0 Å². The molecule has 0 aliphatic heterocycles. The fourth-order valence-electron chi connectivity index (χ4n) is 0.0911. The molecule has 5 N–H and O–H groups in total. The summed E-state index contributed by atoms with van der Waals surface area (Å²) in [4.78, 5) is 0. The van der Waals surface area contributed by atoms with E-state index in [1.165, 1.54) is 0 Å². The molecule has 0 aliphatic rings. The van der Waals surface area contributed by atoms with E-state index in [4.69, 9.17) is 16.7 Å². The Morgan fingerprint density at radius 2 is 2.29 bits per heavy atom. The van der Waals surface area contributed by atoms with Crippen LogP contribution in [-0.4, -0.2) is 17.1 Å². The highest BCUT2D eigenvalue weighted by Gasteiger charge is 1.95. The van der Waals surface area contributed by atoms with Crippen LogP contribution in [0.2, 0.25) is 0 Å². The summed E-state index contributed by atoms with van der Waals surface area (Å²) in [7, 11) is 0. The monoisotopic (exact) mass is 103 g/mol. The van der Waals surface area contributed by atoms with Crippen LogP contribution in [-0.2, 0) is 0 Å². The lowest BCUT2D eigenvalue weighted by Gasteiger charge is -1.97. The van der Waals surface area contributed by atoms with Crippen molar-refractivity contribution in [3.05, 3.63) is 0 Å². The Labute approximate surface area is 41.8 Å². The SMILES string of the molecule is C[C@H](N)C(N)=NO. The first-order chi connectivity index (χ1) is 3.18. The minimum Gasteiger partial charge on any atom is -0.409 e. The summed E-state index contributed by atoms with van der Waals surface area (Å²) in [5, 5.41) is 10.5. The zero-order valence-corrected chi connectivity index (χ0v) is 4.13. The standard InChI is InChI=1S/C3H9N3O/c1-2(4)3(5)6-7/h2,7H,4H2,1H3,(H2,5,6)/t2-/m0/s1. The van der Waals surface area contributed by atoms with Crippen molar-refractivity contribution in [1.82, 2.24) is 0 Å². The topological polar surface area (TPSA) is 84.6 Å². The van der Waals surface area contributed by atoms with E-state index in [2.05, 4.69) is 5.16 Å². The van der Waals surface area contributed by atoms with E-state index >= 15 is 0 Å². The Bertz CT molecular complexity index is 78.2. The van der Waals surface area contributed by atoms with Crippen molar-refractivity contribution in [1.29, 1.82) is 0 Å². The molecule has 0 amide bonds. The van der Waals surface area contributed by atoms with Crippen molar-refractivity contribution in [2.45, 2.75) is 13.0 Å². The summed E-state index contributed by atoms with van der Waals surface area (Å²) in [5.74, 6) is 0.0556.